The number of nitrogens with one attached hydrogen (secondary N) is 1. The second kappa shape index (κ2) is 6.20. The van der Waals surface area contributed by atoms with Gasteiger partial charge in [-0.05, 0) is 0 Å². The molecule has 1 aliphatic carbocycles. The topological polar surface area (TPSA) is 29.1 Å². The Labute approximate surface area is 130 Å². The number of terminal acetylenes is 1. The molecule has 1 radical (unpaired) electrons. The van der Waals surface area contributed by atoms with Crippen molar-refractivity contribution in [3.63, 3.8) is 0 Å². The van der Waals surface area contributed by atoms with Gasteiger partial charge in [-0.2, -0.15) is 0 Å². The predicted octanol–water partition coefficient (Wildman–Crippen LogP) is 2.41. The zero-order chi connectivity index (χ0) is 15.6. The fraction of sp³-hybridized carbons (Fsp3) is 0.438. The minimum absolute atomic E-state index is 0.212. The second-order valence-electron chi connectivity index (χ2n) is 5.72. The Morgan fingerprint density at radius 1 is 1.38 bits per heavy atom. The molecule has 111 valence electrons. The van der Waals surface area contributed by atoms with Gasteiger partial charge in [-0.1, -0.05) is 0 Å². The molecule has 0 bridgehead atoms. The Bertz CT molecular complexity index is 603. The van der Waals surface area contributed by atoms with Crippen LogP contribution in [-0.4, -0.2) is 27.2 Å². The molecule has 2 rings (SSSR count). The molecule has 0 heterocycles. The summed E-state index contributed by atoms with van der Waals surface area (Å²) in [6.07, 6.45) is 8.73. The van der Waals surface area contributed by atoms with E-state index >= 15 is 0 Å². The van der Waals surface area contributed by atoms with Crippen LogP contribution in [0.4, 0.5) is 8.78 Å². The Balaban J connectivity index is 2.29. The van der Waals surface area contributed by atoms with Crippen molar-refractivity contribution in [3.05, 3.63) is 29.3 Å². The van der Waals surface area contributed by atoms with Gasteiger partial charge in [0.15, 0.2) is 0 Å². The van der Waals surface area contributed by atoms with Crippen LogP contribution in [0.2, 0.25) is 4.71 Å². The van der Waals surface area contributed by atoms with Crippen LogP contribution in [0.25, 0.3) is 0 Å². The van der Waals surface area contributed by atoms with Gasteiger partial charge < -0.3 is 0 Å². The van der Waals surface area contributed by atoms with E-state index in [0.29, 0.717) is 9.06 Å². The molecule has 1 N–H and O–H groups in total. The van der Waals surface area contributed by atoms with Gasteiger partial charge in [0.2, 0.25) is 0 Å². The first-order valence-corrected chi connectivity index (χ1v) is 8.85. The summed E-state index contributed by atoms with van der Waals surface area (Å²) in [6, 6.07) is 2.16. The van der Waals surface area contributed by atoms with Crippen LogP contribution in [-0.2, 0) is 0 Å². The first-order chi connectivity index (χ1) is 9.82. The molecule has 21 heavy (non-hydrogen) atoms. The molecule has 2 nitrogen and oxygen atoms in total. The zero-order valence-electron chi connectivity index (χ0n) is 12.0. The third-order valence-electron chi connectivity index (χ3n) is 3.47. The van der Waals surface area contributed by atoms with Crippen molar-refractivity contribution in [2.45, 2.75) is 43.4 Å². The minimum atomic E-state index is -1.00. The molecule has 0 spiro atoms. The first kappa shape index (κ1) is 16.0. The van der Waals surface area contributed by atoms with E-state index in [1.165, 1.54) is 12.5 Å². The van der Waals surface area contributed by atoms with Crippen LogP contribution in [0, 0.1) is 24.0 Å². The molecule has 0 aliphatic heterocycles. The van der Waals surface area contributed by atoms with Gasteiger partial charge in [-0.25, -0.2) is 0 Å². The standard InChI is InChI=1S/C16H17AsF2NO/c1-4-16(2,3)20-15(21)11-8-13(18)14(19)9-12(11)17-10-6-5-7-10/h1,8-10H,5-7H2,2-3H3,(H,20,21). The summed E-state index contributed by atoms with van der Waals surface area (Å²) in [4.78, 5) is 12.3. The summed E-state index contributed by atoms with van der Waals surface area (Å²) in [5, 5.41) is 2.67. The van der Waals surface area contributed by atoms with Crippen LogP contribution in [0.15, 0.2) is 12.1 Å². The van der Waals surface area contributed by atoms with Crippen molar-refractivity contribution in [2.75, 3.05) is 0 Å². The average Bonchev–Trinajstić information content (AvgIpc) is 2.36. The number of halogens is 2. The van der Waals surface area contributed by atoms with E-state index in [9.17, 15) is 13.6 Å². The van der Waals surface area contributed by atoms with Crippen LogP contribution in [0.5, 0.6) is 0 Å². The fourth-order valence-electron chi connectivity index (χ4n) is 1.92. The molecule has 1 fully saturated rings. The van der Waals surface area contributed by atoms with Crippen molar-refractivity contribution in [2.24, 2.45) is 0 Å². The van der Waals surface area contributed by atoms with Crippen LogP contribution >= 0.6 is 0 Å². The second-order valence-corrected chi connectivity index (χ2v) is 8.81. The summed E-state index contributed by atoms with van der Waals surface area (Å²) < 4.78 is 28.1. The van der Waals surface area contributed by atoms with Gasteiger partial charge in [0.1, 0.15) is 0 Å². The van der Waals surface area contributed by atoms with Crippen molar-refractivity contribution in [1.82, 2.24) is 5.32 Å². The molecule has 5 heteroatoms. The number of amides is 1. The van der Waals surface area contributed by atoms with Crippen LogP contribution in [0.1, 0.15) is 43.5 Å². The van der Waals surface area contributed by atoms with Gasteiger partial charge in [0.05, 0.1) is 0 Å². The molecule has 0 aromatic heterocycles. The van der Waals surface area contributed by atoms with Crippen molar-refractivity contribution >= 4 is 26.0 Å². The molecule has 1 saturated carbocycles. The molecule has 1 amide bonds. The molecule has 0 atom stereocenters. The molecule has 0 saturated heterocycles. The van der Waals surface area contributed by atoms with Crippen molar-refractivity contribution in [3.8, 4) is 12.3 Å². The van der Waals surface area contributed by atoms with E-state index in [2.05, 4.69) is 11.2 Å². The van der Waals surface area contributed by atoms with E-state index in [1.54, 1.807) is 13.8 Å². The average molecular weight is 352 g/mol. The summed E-state index contributed by atoms with van der Waals surface area (Å²) in [5.41, 5.74) is -0.615. The summed E-state index contributed by atoms with van der Waals surface area (Å²) in [7, 11) is 0. The molecule has 1 aromatic rings. The Morgan fingerprint density at radius 3 is 2.52 bits per heavy atom. The van der Waals surface area contributed by atoms with Gasteiger partial charge in [0.25, 0.3) is 0 Å². The van der Waals surface area contributed by atoms with Gasteiger partial charge >= 0.3 is 130 Å². The molecular weight excluding hydrogens is 335 g/mol. The third-order valence-corrected chi connectivity index (χ3v) is 6.68. The number of hydrogen-bond donors (Lipinski definition) is 1. The molecule has 1 aromatic carbocycles. The van der Waals surface area contributed by atoms with Crippen molar-refractivity contribution < 1.29 is 13.6 Å². The van der Waals surface area contributed by atoms with E-state index in [1.807, 2.05) is 0 Å². The maximum atomic E-state index is 13.5. The van der Waals surface area contributed by atoms with Gasteiger partial charge in [-0.15, -0.1) is 0 Å². The summed E-state index contributed by atoms with van der Waals surface area (Å²) >= 11 is -0.339. The van der Waals surface area contributed by atoms with Gasteiger partial charge in [-0.3, -0.25) is 0 Å². The molecule has 1 aliphatic rings. The predicted molar refractivity (Wildman–Crippen MR) is 79.7 cm³/mol. The Kier molecular flexibility index (Phi) is 4.73. The SMILES string of the molecule is C#CC(C)(C)NC(=O)c1cc(F)c(F)cc1[As]C1CCC1. The first-order valence-electron chi connectivity index (χ1n) is 6.82. The maximum absolute atomic E-state index is 13.5. The third kappa shape index (κ3) is 3.86. The quantitative estimate of drug-likeness (QED) is 0.655. The Hall–Kier alpha value is -1.33. The van der Waals surface area contributed by atoms with Crippen LogP contribution < -0.4 is 9.67 Å². The van der Waals surface area contributed by atoms with E-state index < -0.39 is 23.1 Å². The summed E-state index contributed by atoms with van der Waals surface area (Å²) in [6.45, 7) is 3.37. The number of rotatable bonds is 4. The number of benzene rings is 1. The van der Waals surface area contributed by atoms with Crippen LogP contribution in [0.3, 0.4) is 0 Å². The van der Waals surface area contributed by atoms with Gasteiger partial charge in [0, 0.05) is 0 Å². The molecular formula is C16H17AsF2NO. The van der Waals surface area contributed by atoms with E-state index in [4.69, 9.17) is 6.42 Å². The van der Waals surface area contributed by atoms with E-state index in [0.717, 1.165) is 18.9 Å². The fourth-order valence-corrected chi connectivity index (χ4v) is 5.09. The number of carbonyl (C=O) groups excluding carboxylic acids is 1. The monoisotopic (exact) mass is 352 g/mol. The zero-order valence-corrected chi connectivity index (χ0v) is 13.9. The number of hydrogen-bond acceptors (Lipinski definition) is 1. The summed E-state index contributed by atoms with van der Waals surface area (Å²) in [5.74, 6) is 0.117. The van der Waals surface area contributed by atoms with Crippen molar-refractivity contribution in [1.29, 1.82) is 0 Å². The Morgan fingerprint density at radius 2 is 2.00 bits per heavy atom. The molecule has 0 unspecified atom stereocenters. The van der Waals surface area contributed by atoms with E-state index in [-0.39, 0.29) is 21.3 Å². The normalized spacial score (nSPS) is 15.8. The number of carbonyl (C=O) groups is 1.